The number of fused-ring (bicyclic) bond motifs is 1. The fourth-order valence-corrected chi connectivity index (χ4v) is 4.40. The highest BCUT2D eigenvalue weighted by atomic mass is 16.5. The Morgan fingerprint density at radius 1 is 1.10 bits per heavy atom. The Morgan fingerprint density at radius 2 is 1.84 bits per heavy atom. The molecule has 0 spiro atoms. The predicted octanol–water partition coefficient (Wildman–Crippen LogP) is 3.99. The fourth-order valence-electron chi connectivity index (χ4n) is 4.40. The highest BCUT2D eigenvalue weighted by Gasteiger charge is 2.26. The van der Waals surface area contributed by atoms with E-state index < -0.39 is 0 Å². The number of carbonyl (C=O) groups excluding carboxylic acids is 1. The number of phenolic OH excluding ortho intramolecular Hbond substituents is 1. The second-order valence-electron chi connectivity index (χ2n) is 7.95. The molecule has 0 aliphatic carbocycles. The zero-order valence-electron chi connectivity index (χ0n) is 18.1. The molecule has 1 unspecified atom stereocenters. The van der Waals surface area contributed by atoms with Gasteiger partial charge in [-0.2, -0.15) is 0 Å². The van der Waals surface area contributed by atoms with Crippen LogP contribution in [0.5, 0.6) is 23.0 Å². The lowest BCUT2D eigenvalue weighted by atomic mass is 9.91. The maximum absolute atomic E-state index is 13.1. The van der Waals surface area contributed by atoms with E-state index in [9.17, 15) is 9.90 Å². The molecule has 1 saturated heterocycles. The van der Waals surface area contributed by atoms with Gasteiger partial charge in [0.05, 0.1) is 21.3 Å². The Kier molecular flexibility index (Phi) is 5.93. The molecule has 31 heavy (non-hydrogen) atoms. The average Bonchev–Trinajstić information content (AvgIpc) is 3.21. The second kappa shape index (κ2) is 8.79. The van der Waals surface area contributed by atoms with Crippen LogP contribution >= 0.6 is 0 Å². The number of likely N-dealkylation sites (tertiary alicyclic amines) is 1. The van der Waals surface area contributed by atoms with Crippen LogP contribution in [0.2, 0.25) is 0 Å². The molecular formula is C24H28N2O5. The summed E-state index contributed by atoms with van der Waals surface area (Å²) in [5, 5.41) is 10.6. The van der Waals surface area contributed by atoms with Gasteiger partial charge in [-0.15, -0.1) is 0 Å². The minimum atomic E-state index is -0.00900. The number of piperidine rings is 1. The molecule has 1 aliphatic rings. The molecule has 0 saturated carbocycles. The molecule has 0 radical (unpaired) electrons. The minimum Gasteiger partial charge on any atom is -0.508 e. The van der Waals surface area contributed by atoms with Crippen LogP contribution in [-0.2, 0) is 6.42 Å². The first kappa shape index (κ1) is 20.9. The lowest BCUT2D eigenvalue weighted by molar-refractivity contribution is 0.0668. The summed E-state index contributed by atoms with van der Waals surface area (Å²) >= 11 is 0. The van der Waals surface area contributed by atoms with E-state index in [1.807, 2.05) is 23.1 Å². The van der Waals surface area contributed by atoms with Crippen LogP contribution in [0.25, 0.3) is 10.9 Å². The Morgan fingerprint density at radius 3 is 2.52 bits per heavy atom. The SMILES string of the molecule is COc1cc(CC2CCCN(C(=O)c3cc4ccc(O)cc4[nH]3)C2)cc(OC)c1OC. The van der Waals surface area contributed by atoms with Gasteiger partial charge in [-0.05, 0) is 61.1 Å². The Labute approximate surface area is 181 Å². The van der Waals surface area contributed by atoms with Crippen molar-refractivity contribution < 1.29 is 24.1 Å². The third-order valence-electron chi connectivity index (χ3n) is 5.89. The number of aromatic hydroxyl groups is 1. The third-order valence-corrected chi connectivity index (χ3v) is 5.89. The highest BCUT2D eigenvalue weighted by molar-refractivity contribution is 5.98. The number of benzene rings is 2. The van der Waals surface area contributed by atoms with Crippen LogP contribution in [-0.4, -0.2) is 55.3 Å². The van der Waals surface area contributed by atoms with Crippen molar-refractivity contribution in [3.63, 3.8) is 0 Å². The van der Waals surface area contributed by atoms with E-state index in [-0.39, 0.29) is 11.7 Å². The molecule has 1 fully saturated rings. The van der Waals surface area contributed by atoms with E-state index in [0.29, 0.717) is 35.4 Å². The van der Waals surface area contributed by atoms with Gasteiger partial charge in [0.15, 0.2) is 11.5 Å². The maximum atomic E-state index is 13.1. The highest BCUT2D eigenvalue weighted by Crippen LogP contribution is 2.39. The molecule has 2 N–H and O–H groups in total. The second-order valence-corrected chi connectivity index (χ2v) is 7.95. The van der Waals surface area contributed by atoms with Gasteiger partial charge >= 0.3 is 0 Å². The lowest BCUT2D eigenvalue weighted by Crippen LogP contribution is -2.40. The molecule has 7 heteroatoms. The van der Waals surface area contributed by atoms with Crippen LogP contribution < -0.4 is 14.2 Å². The summed E-state index contributed by atoms with van der Waals surface area (Å²) in [5.41, 5.74) is 2.40. The number of phenols is 1. The fraction of sp³-hybridized carbons (Fsp3) is 0.375. The van der Waals surface area contributed by atoms with Crippen molar-refractivity contribution in [1.82, 2.24) is 9.88 Å². The van der Waals surface area contributed by atoms with E-state index in [1.54, 1.807) is 39.5 Å². The molecule has 1 aliphatic heterocycles. The number of carbonyl (C=O) groups is 1. The zero-order valence-corrected chi connectivity index (χ0v) is 18.1. The number of aromatic amines is 1. The first-order valence-corrected chi connectivity index (χ1v) is 10.4. The van der Waals surface area contributed by atoms with Gasteiger partial charge in [0.1, 0.15) is 11.4 Å². The van der Waals surface area contributed by atoms with Gasteiger partial charge < -0.3 is 29.2 Å². The van der Waals surface area contributed by atoms with Gasteiger partial charge in [0, 0.05) is 30.1 Å². The van der Waals surface area contributed by atoms with Gasteiger partial charge in [-0.25, -0.2) is 0 Å². The summed E-state index contributed by atoms with van der Waals surface area (Å²) in [6.07, 6.45) is 2.84. The molecule has 1 amide bonds. The number of amides is 1. The number of H-pyrrole nitrogens is 1. The third kappa shape index (κ3) is 4.26. The van der Waals surface area contributed by atoms with E-state index >= 15 is 0 Å². The number of hydrogen-bond acceptors (Lipinski definition) is 5. The average molecular weight is 424 g/mol. The normalized spacial score (nSPS) is 16.4. The molecule has 7 nitrogen and oxygen atoms in total. The molecule has 0 bridgehead atoms. The smallest absolute Gasteiger partial charge is 0.270 e. The van der Waals surface area contributed by atoms with Crippen LogP contribution in [0.4, 0.5) is 0 Å². The van der Waals surface area contributed by atoms with Gasteiger partial charge in [-0.3, -0.25) is 4.79 Å². The number of aromatic nitrogens is 1. The predicted molar refractivity (Wildman–Crippen MR) is 118 cm³/mol. The number of ether oxygens (including phenoxy) is 3. The molecule has 164 valence electrons. The summed E-state index contributed by atoms with van der Waals surface area (Å²) in [7, 11) is 4.82. The Balaban J connectivity index is 1.50. The van der Waals surface area contributed by atoms with E-state index in [0.717, 1.165) is 42.3 Å². The first-order chi connectivity index (χ1) is 15.0. The number of nitrogens with one attached hydrogen (secondary N) is 1. The molecule has 2 heterocycles. The van der Waals surface area contributed by atoms with Crippen LogP contribution in [0.3, 0.4) is 0 Å². The van der Waals surface area contributed by atoms with E-state index in [1.165, 1.54) is 0 Å². The van der Waals surface area contributed by atoms with Crippen LogP contribution in [0.1, 0.15) is 28.9 Å². The number of hydrogen-bond donors (Lipinski definition) is 2. The Hall–Kier alpha value is -3.35. The van der Waals surface area contributed by atoms with E-state index in [2.05, 4.69) is 4.98 Å². The number of methoxy groups -OCH3 is 3. The van der Waals surface area contributed by atoms with Gasteiger partial charge in [0.25, 0.3) is 5.91 Å². The summed E-state index contributed by atoms with van der Waals surface area (Å²) in [6, 6.07) is 10.9. The van der Waals surface area contributed by atoms with Gasteiger partial charge in [0.2, 0.25) is 5.75 Å². The quantitative estimate of drug-likeness (QED) is 0.625. The van der Waals surface area contributed by atoms with E-state index in [4.69, 9.17) is 14.2 Å². The van der Waals surface area contributed by atoms with Crippen LogP contribution in [0.15, 0.2) is 36.4 Å². The minimum absolute atomic E-state index is 0.00900. The summed E-state index contributed by atoms with van der Waals surface area (Å²) in [4.78, 5) is 18.2. The topological polar surface area (TPSA) is 84.0 Å². The summed E-state index contributed by atoms with van der Waals surface area (Å²) in [6.45, 7) is 1.43. The molecule has 3 aromatic rings. The van der Waals surface area contributed by atoms with Gasteiger partial charge in [-0.1, -0.05) is 0 Å². The summed E-state index contributed by atoms with van der Waals surface area (Å²) in [5.74, 6) is 2.37. The molecule has 4 rings (SSSR count). The summed E-state index contributed by atoms with van der Waals surface area (Å²) < 4.78 is 16.4. The molecule has 1 atom stereocenters. The molecular weight excluding hydrogens is 396 g/mol. The monoisotopic (exact) mass is 424 g/mol. The van der Waals surface area contributed by atoms with Crippen molar-refractivity contribution in [3.05, 3.63) is 47.7 Å². The van der Waals surface area contributed by atoms with Crippen molar-refractivity contribution in [1.29, 1.82) is 0 Å². The first-order valence-electron chi connectivity index (χ1n) is 10.4. The van der Waals surface area contributed by atoms with Crippen LogP contribution in [0, 0.1) is 5.92 Å². The van der Waals surface area contributed by atoms with Crippen molar-refractivity contribution >= 4 is 16.8 Å². The zero-order chi connectivity index (χ0) is 22.0. The molecule has 1 aromatic heterocycles. The Bertz CT molecular complexity index is 1070. The number of nitrogens with zero attached hydrogens (tertiary/aromatic N) is 1. The standard InChI is InChI=1S/C24H28N2O5/c1-29-21-10-16(11-22(30-2)23(21)31-3)9-15-5-4-8-26(14-15)24(28)20-12-17-6-7-18(27)13-19(17)25-20/h6-7,10-13,15,25,27H,4-5,8-9,14H2,1-3H3. The molecule has 2 aromatic carbocycles. The van der Waals surface area contributed by atoms with Crippen molar-refractivity contribution in [2.75, 3.05) is 34.4 Å². The van der Waals surface area contributed by atoms with Crippen molar-refractivity contribution in [3.8, 4) is 23.0 Å². The lowest BCUT2D eigenvalue weighted by Gasteiger charge is -2.32. The van der Waals surface area contributed by atoms with Crippen molar-refractivity contribution in [2.24, 2.45) is 5.92 Å². The number of rotatable bonds is 6. The van der Waals surface area contributed by atoms with Crippen molar-refractivity contribution in [2.45, 2.75) is 19.3 Å². The largest absolute Gasteiger partial charge is 0.508 e. The maximum Gasteiger partial charge on any atom is 0.270 e.